The Kier molecular flexibility index (Phi) is 5.70. The molecule has 0 N–H and O–H groups in total. The Morgan fingerprint density at radius 1 is 0.969 bits per heavy atom. The van der Waals surface area contributed by atoms with Crippen molar-refractivity contribution in [2.45, 2.75) is 63.4 Å². The van der Waals surface area contributed by atoms with Crippen molar-refractivity contribution in [2.75, 3.05) is 44.2 Å². The van der Waals surface area contributed by atoms with Crippen LogP contribution in [-0.2, 0) is 19.7 Å². The van der Waals surface area contributed by atoms with Gasteiger partial charge in [-0.1, -0.05) is 19.3 Å². The van der Waals surface area contributed by atoms with Crippen LogP contribution in [-0.4, -0.2) is 73.0 Å². The second-order valence-electron chi connectivity index (χ2n) is 9.80. The predicted octanol–water partition coefficient (Wildman–Crippen LogP) is 2.72. The van der Waals surface area contributed by atoms with Gasteiger partial charge in [-0.15, -0.1) is 0 Å². The number of amides is 3. The van der Waals surface area contributed by atoms with E-state index in [4.69, 9.17) is 4.74 Å². The van der Waals surface area contributed by atoms with Gasteiger partial charge in [0.1, 0.15) is 6.10 Å². The molecule has 0 radical (unpaired) electrons. The smallest absolute Gasteiger partial charge is 0.253 e. The SMILES string of the molecule is CC(=O)N1CC2(CCCCC2)c2cc(C(=O)N3CCN(C(=O)[C@@H]4CCCO4)CC3)ccc21. The zero-order valence-electron chi connectivity index (χ0n) is 19.0. The molecule has 0 bridgehead atoms. The maximum Gasteiger partial charge on any atom is 0.253 e. The Labute approximate surface area is 189 Å². The summed E-state index contributed by atoms with van der Waals surface area (Å²) in [4.78, 5) is 43.8. The van der Waals surface area contributed by atoms with Crippen LogP contribution in [0.1, 0.15) is 67.8 Å². The van der Waals surface area contributed by atoms with E-state index in [0.717, 1.165) is 37.9 Å². The predicted molar refractivity (Wildman–Crippen MR) is 121 cm³/mol. The molecule has 1 saturated carbocycles. The maximum atomic E-state index is 13.3. The molecule has 3 aliphatic heterocycles. The Hall–Kier alpha value is -2.41. The van der Waals surface area contributed by atoms with Crippen molar-refractivity contribution in [3.8, 4) is 0 Å². The van der Waals surface area contributed by atoms with Gasteiger partial charge in [-0.25, -0.2) is 0 Å². The lowest BCUT2D eigenvalue weighted by Gasteiger charge is -2.36. The molecule has 5 rings (SSSR count). The Balaban J connectivity index is 1.31. The first kappa shape index (κ1) is 21.4. The van der Waals surface area contributed by atoms with E-state index in [1.165, 1.54) is 24.8 Å². The number of piperazine rings is 1. The van der Waals surface area contributed by atoms with Crippen molar-refractivity contribution in [2.24, 2.45) is 0 Å². The summed E-state index contributed by atoms with van der Waals surface area (Å²) in [5.41, 5.74) is 2.83. The van der Waals surface area contributed by atoms with Crippen molar-refractivity contribution in [3.63, 3.8) is 0 Å². The van der Waals surface area contributed by atoms with Gasteiger partial charge in [-0.05, 0) is 49.4 Å². The number of hydrogen-bond acceptors (Lipinski definition) is 4. The highest BCUT2D eigenvalue weighted by molar-refractivity contribution is 5.98. The zero-order chi connectivity index (χ0) is 22.3. The van der Waals surface area contributed by atoms with Gasteiger partial charge in [0, 0.05) is 62.9 Å². The number of anilines is 1. The summed E-state index contributed by atoms with van der Waals surface area (Å²) < 4.78 is 5.53. The molecule has 2 saturated heterocycles. The molecule has 3 amide bonds. The topological polar surface area (TPSA) is 70.2 Å². The fourth-order valence-corrected chi connectivity index (χ4v) is 6.03. The minimum absolute atomic E-state index is 0.0120. The van der Waals surface area contributed by atoms with Gasteiger partial charge < -0.3 is 19.4 Å². The number of benzene rings is 1. The van der Waals surface area contributed by atoms with Gasteiger partial charge in [0.15, 0.2) is 0 Å². The molecular weight excluding hydrogens is 406 g/mol. The molecule has 3 heterocycles. The average Bonchev–Trinajstić information content (AvgIpc) is 3.46. The second-order valence-corrected chi connectivity index (χ2v) is 9.80. The molecule has 32 heavy (non-hydrogen) atoms. The van der Waals surface area contributed by atoms with Gasteiger partial charge in [-0.3, -0.25) is 14.4 Å². The molecule has 7 nitrogen and oxygen atoms in total. The van der Waals surface area contributed by atoms with Crippen LogP contribution in [0.3, 0.4) is 0 Å². The van der Waals surface area contributed by atoms with Crippen molar-refractivity contribution >= 4 is 23.4 Å². The highest BCUT2D eigenvalue weighted by Gasteiger charge is 2.45. The van der Waals surface area contributed by atoms with Gasteiger partial charge in [0.2, 0.25) is 5.91 Å². The number of ether oxygens (including phenoxy) is 1. The molecule has 1 aromatic rings. The Bertz CT molecular complexity index is 910. The minimum Gasteiger partial charge on any atom is -0.368 e. The molecule has 0 aromatic heterocycles. The molecule has 3 fully saturated rings. The molecule has 1 aliphatic carbocycles. The highest BCUT2D eigenvalue weighted by atomic mass is 16.5. The summed E-state index contributed by atoms with van der Waals surface area (Å²) in [5, 5.41) is 0. The lowest BCUT2D eigenvalue weighted by atomic mass is 9.70. The van der Waals surface area contributed by atoms with Crippen LogP contribution in [0.5, 0.6) is 0 Å². The van der Waals surface area contributed by atoms with Crippen LogP contribution < -0.4 is 4.90 Å². The van der Waals surface area contributed by atoms with E-state index in [9.17, 15) is 14.4 Å². The molecule has 1 atom stereocenters. The average molecular weight is 440 g/mol. The normalized spacial score (nSPS) is 24.7. The van der Waals surface area contributed by atoms with E-state index >= 15 is 0 Å². The van der Waals surface area contributed by atoms with Crippen molar-refractivity contribution in [1.29, 1.82) is 0 Å². The molecule has 0 unspecified atom stereocenters. The monoisotopic (exact) mass is 439 g/mol. The summed E-state index contributed by atoms with van der Waals surface area (Å²) in [5.74, 6) is 0.153. The van der Waals surface area contributed by atoms with Gasteiger partial charge >= 0.3 is 0 Å². The van der Waals surface area contributed by atoms with E-state index in [-0.39, 0.29) is 29.2 Å². The van der Waals surface area contributed by atoms with Crippen LogP contribution in [0.15, 0.2) is 18.2 Å². The molecular formula is C25H33N3O4. The summed E-state index contributed by atoms with van der Waals surface area (Å²) in [6, 6.07) is 5.88. The summed E-state index contributed by atoms with van der Waals surface area (Å²) in [7, 11) is 0. The largest absolute Gasteiger partial charge is 0.368 e. The van der Waals surface area contributed by atoms with Crippen LogP contribution in [0.2, 0.25) is 0 Å². The highest BCUT2D eigenvalue weighted by Crippen LogP contribution is 2.49. The fraction of sp³-hybridized carbons (Fsp3) is 0.640. The number of hydrogen-bond donors (Lipinski definition) is 0. The molecule has 7 heteroatoms. The van der Waals surface area contributed by atoms with Crippen LogP contribution in [0, 0.1) is 0 Å². The number of carbonyl (C=O) groups excluding carboxylic acids is 3. The van der Waals surface area contributed by atoms with Crippen LogP contribution >= 0.6 is 0 Å². The number of carbonyl (C=O) groups is 3. The van der Waals surface area contributed by atoms with Crippen molar-refractivity contribution < 1.29 is 19.1 Å². The molecule has 1 aromatic carbocycles. The van der Waals surface area contributed by atoms with Crippen LogP contribution in [0.4, 0.5) is 5.69 Å². The number of fused-ring (bicyclic) bond motifs is 2. The quantitative estimate of drug-likeness (QED) is 0.711. The first-order chi connectivity index (χ1) is 15.5. The zero-order valence-corrected chi connectivity index (χ0v) is 19.0. The van der Waals surface area contributed by atoms with Gasteiger partial charge in [-0.2, -0.15) is 0 Å². The number of nitrogens with zero attached hydrogens (tertiary/aromatic N) is 3. The van der Waals surface area contributed by atoms with Gasteiger partial charge in [0.25, 0.3) is 11.8 Å². The summed E-state index contributed by atoms with van der Waals surface area (Å²) >= 11 is 0. The third-order valence-corrected chi connectivity index (χ3v) is 7.84. The van der Waals surface area contributed by atoms with Crippen molar-refractivity contribution in [3.05, 3.63) is 29.3 Å². The lowest BCUT2D eigenvalue weighted by molar-refractivity contribution is -0.142. The summed E-state index contributed by atoms with van der Waals surface area (Å²) in [6.45, 7) is 5.21. The van der Waals surface area contributed by atoms with Crippen LogP contribution in [0.25, 0.3) is 0 Å². The second kappa shape index (κ2) is 8.50. The van der Waals surface area contributed by atoms with E-state index in [2.05, 4.69) is 6.07 Å². The third-order valence-electron chi connectivity index (χ3n) is 7.84. The first-order valence-corrected chi connectivity index (χ1v) is 12.1. The molecule has 1 spiro atoms. The van der Waals surface area contributed by atoms with E-state index in [0.29, 0.717) is 38.3 Å². The van der Waals surface area contributed by atoms with E-state index < -0.39 is 0 Å². The standard InChI is InChI=1S/C25H33N3O4/c1-18(29)28-17-25(9-3-2-4-10-25)20-16-19(7-8-21(20)28)23(30)26-11-13-27(14-12-26)24(31)22-6-5-15-32-22/h7-8,16,22H,2-6,9-15,17H2,1H3/t22-/m0/s1. The fourth-order valence-electron chi connectivity index (χ4n) is 6.03. The first-order valence-electron chi connectivity index (χ1n) is 12.1. The Morgan fingerprint density at radius 2 is 1.69 bits per heavy atom. The van der Waals surface area contributed by atoms with Gasteiger partial charge in [0.05, 0.1) is 0 Å². The number of rotatable bonds is 2. The Morgan fingerprint density at radius 3 is 2.34 bits per heavy atom. The molecule has 4 aliphatic rings. The molecule has 172 valence electrons. The van der Waals surface area contributed by atoms with E-state index in [1.807, 2.05) is 26.8 Å². The van der Waals surface area contributed by atoms with E-state index in [1.54, 1.807) is 6.92 Å². The third kappa shape index (κ3) is 3.70. The lowest BCUT2D eigenvalue weighted by Crippen LogP contribution is -2.52. The minimum atomic E-state index is -0.301. The summed E-state index contributed by atoms with van der Waals surface area (Å²) in [6.07, 6.45) is 7.17. The van der Waals surface area contributed by atoms with Crippen molar-refractivity contribution in [1.82, 2.24) is 9.80 Å². The maximum absolute atomic E-state index is 13.3.